The summed E-state index contributed by atoms with van der Waals surface area (Å²) in [4.78, 5) is 29.3. The molecule has 7 heteroatoms. The first-order valence-corrected chi connectivity index (χ1v) is 8.54. The van der Waals surface area contributed by atoms with Crippen LogP contribution in [0.2, 0.25) is 10.3 Å². The number of para-hydroxylation sites is 2. The van der Waals surface area contributed by atoms with Crippen LogP contribution in [0.5, 0.6) is 0 Å². The highest BCUT2D eigenvalue weighted by molar-refractivity contribution is 6.33. The molecule has 4 aromatic rings. The molecule has 0 amide bonds. The quantitative estimate of drug-likeness (QED) is 0.366. The Morgan fingerprint density at radius 1 is 0.852 bits per heavy atom. The Morgan fingerprint density at radius 2 is 1.37 bits per heavy atom. The Labute approximate surface area is 164 Å². The van der Waals surface area contributed by atoms with Gasteiger partial charge in [-0.1, -0.05) is 59.6 Å². The largest absolute Gasteiger partial charge is 0.478 e. The minimum atomic E-state index is -1.06. The molecule has 0 bridgehead atoms. The van der Waals surface area contributed by atoms with Crippen molar-refractivity contribution >= 4 is 57.3 Å². The van der Waals surface area contributed by atoms with E-state index in [0.717, 1.165) is 16.3 Å². The zero-order valence-corrected chi connectivity index (χ0v) is 15.3. The number of hydrogen-bond acceptors (Lipinski definition) is 4. The summed E-state index contributed by atoms with van der Waals surface area (Å²) < 4.78 is 0. The van der Waals surface area contributed by atoms with Crippen molar-refractivity contribution in [1.82, 2.24) is 9.97 Å². The highest BCUT2D eigenvalue weighted by Crippen LogP contribution is 2.20. The van der Waals surface area contributed by atoms with Gasteiger partial charge in [-0.3, -0.25) is 4.79 Å². The molecule has 0 saturated carbocycles. The first-order chi connectivity index (χ1) is 13.0. The third-order valence-corrected chi connectivity index (χ3v) is 4.33. The molecule has 0 atom stereocenters. The van der Waals surface area contributed by atoms with Gasteiger partial charge in [-0.05, 0) is 24.3 Å². The summed E-state index contributed by atoms with van der Waals surface area (Å²) in [6.07, 6.45) is 0.710. The number of rotatable bonds is 2. The number of aldehydes is 1. The normalized spacial score (nSPS) is 10.3. The molecule has 134 valence electrons. The molecular formula is C20H12Cl2N2O3. The lowest BCUT2D eigenvalue weighted by molar-refractivity contribution is 0.0696. The van der Waals surface area contributed by atoms with E-state index in [0.29, 0.717) is 17.4 Å². The van der Waals surface area contributed by atoms with Crippen LogP contribution in [0.3, 0.4) is 0 Å². The second-order valence-corrected chi connectivity index (χ2v) is 6.22. The second kappa shape index (κ2) is 8.12. The SMILES string of the molecule is O=C(O)c1cc2ccccc2nc1Cl.O=Cc1cc2ccccc2nc1Cl. The molecule has 0 aliphatic heterocycles. The van der Waals surface area contributed by atoms with E-state index < -0.39 is 5.97 Å². The van der Waals surface area contributed by atoms with E-state index in [9.17, 15) is 9.59 Å². The summed E-state index contributed by atoms with van der Waals surface area (Å²) in [6, 6.07) is 18.0. The van der Waals surface area contributed by atoms with Crippen LogP contribution in [0.15, 0.2) is 60.7 Å². The van der Waals surface area contributed by atoms with Crippen LogP contribution >= 0.6 is 23.2 Å². The average Bonchev–Trinajstić information content (AvgIpc) is 2.67. The Bertz CT molecular complexity index is 1160. The third kappa shape index (κ3) is 4.22. The number of fused-ring (bicyclic) bond motifs is 2. The molecule has 0 spiro atoms. The Morgan fingerprint density at radius 3 is 1.93 bits per heavy atom. The number of carboxylic acids is 1. The summed E-state index contributed by atoms with van der Waals surface area (Å²) in [7, 11) is 0. The van der Waals surface area contributed by atoms with Gasteiger partial charge in [-0.2, -0.15) is 0 Å². The minimum Gasteiger partial charge on any atom is -0.478 e. The van der Waals surface area contributed by atoms with E-state index in [-0.39, 0.29) is 15.9 Å². The number of hydrogen-bond donors (Lipinski definition) is 1. The van der Waals surface area contributed by atoms with Crippen molar-refractivity contribution in [3.05, 3.63) is 82.1 Å². The molecule has 0 unspecified atom stereocenters. The molecule has 2 aromatic carbocycles. The predicted molar refractivity (Wildman–Crippen MR) is 106 cm³/mol. The number of aromatic carboxylic acids is 1. The number of carbonyl (C=O) groups excluding carboxylic acids is 1. The molecular weight excluding hydrogens is 387 g/mol. The summed E-state index contributed by atoms with van der Waals surface area (Å²) in [5.74, 6) is -1.06. The van der Waals surface area contributed by atoms with E-state index in [1.807, 2.05) is 36.4 Å². The predicted octanol–water partition coefficient (Wildman–Crippen LogP) is 5.29. The van der Waals surface area contributed by atoms with Crippen LogP contribution < -0.4 is 0 Å². The minimum absolute atomic E-state index is 0.0243. The Hall–Kier alpha value is -3.02. The fourth-order valence-corrected chi connectivity index (χ4v) is 2.85. The van der Waals surface area contributed by atoms with E-state index >= 15 is 0 Å². The van der Waals surface area contributed by atoms with E-state index in [2.05, 4.69) is 9.97 Å². The highest BCUT2D eigenvalue weighted by Gasteiger charge is 2.10. The van der Waals surface area contributed by atoms with Crippen LogP contribution in [0.1, 0.15) is 20.7 Å². The van der Waals surface area contributed by atoms with Gasteiger partial charge >= 0.3 is 5.97 Å². The topological polar surface area (TPSA) is 80.1 Å². The average molecular weight is 399 g/mol. The second-order valence-electron chi connectivity index (χ2n) is 5.50. The van der Waals surface area contributed by atoms with Crippen molar-refractivity contribution in [2.45, 2.75) is 0 Å². The van der Waals surface area contributed by atoms with Gasteiger partial charge in [0.05, 0.1) is 22.2 Å². The fourth-order valence-electron chi connectivity index (χ4n) is 2.43. The Kier molecular flexibility index (Phi) is 5.64. The smallest absolute Gasteiger partial charge is 0.338 e. The molecule has 0 aliphatic rings. The lowest BCUT2D eigenvalue weighted by Gasteiger charge is -2.00. The third-order valence-electron chi connectivity index (χ3n) is 3.74. The van der Waals surface area contributed by atoms with Gasteiger partial charge in [0, 0.05) is 10.8 Å². The first-order valence-electron chi connectivity index (χ1n) is 7.78. The maximum Gasteiger partial charge on any atom is 0.338 e. The molecule has 4 rings (SSSR count). The standard InChI is InChI=1S/C10H6ClNO2.C10H6ClNO/c11-9-7(10(13)14)5-6-3-1-2-4-8(6)12-9;11-10-8(6-13)5-7-3-1-2-4-9(7)12-10/h1-5H,(H,13,14);1-6H. The Balaban J connectivity index is 0.000000156. The molecule has 0 fully saturated rings. The summed E-state index contributed by atoms with van der Waals surface area (Å²) in [6.45, 7) is 0. The zero-order valence-electron chi connectivity index (χ0n) is 13.8. The lowest BCUT2D eigenvalue weighted by atomic mass is 10.1. The number of benzene rings is 2. The molecule has 5 nitrogen and oxygen atoms in total. The number of carboxylic acid groups (broad SMARTS) is 1. The van der Waals surface area contributed by atoms with E-state index in [4.69, 9.17) is 28.3 Å². The van der Waals surface area contributed by atoms with Gasteiger partial charge in [0.25, 0.3) is 0 Å². The van der Waals surface area contributed by atoms with Crippen molar-refractivity contribution in [3.63, 3.8) is 0 Å². The number of halogens is 2. The van der Waals surface area contributed by atoms with Gasteiger partial charge in [0.15, 0.2) is 6.29 Å². The molecule has 27 heavy (non-hydrogen) atoms. The van der Waals surface area contributed by atoms with Gasteiger partial charge in [0.1, 0.15) is 10.3 Å². The van der Waals surface area contributed by atoms with Crippen molar-refractivity contribution in [3.8, 4) is 0 Å². The van der Waals surface area contributed by atoms with E-state index in [1.54, 1.807) is 18.2 Å². The summed E-state index contributed by atoms with van der Waals surface area (Å²) in [5.41, 5.74) is 1.96. The summed E-state index contributed by atoms with van der Waals surface area (Å²) in [5, 5.41) is 10.8. The molecule has 0 radical (unpaired) electrons. The summed E-state index contributed by atoms with van der Waals surface area (Å²) >= 11 is 11.5. The van der Waals surface area contributed by atoms with Crippen molar-refractivity contribution in [2.75, 3.05) is 0 Å². The van der Waals surface area contributed by atoms with Gasteiger partial charge < -0.3 is 5.11 Å². The van der Waals surface area contributed by atoms with E-state index in [1.165, 1.54) is 6.07 Å². The van der Waals surface area contributed by atoms with Crippen LogP contribution in [0.4, 0.5) is 0 Å². The fraction of sp³-hybridized carbons (Fsp3) is 0. The maximum absolute atomic E-state index is 10.7. The monoisotopic (exact) mass is 398 g/mol. The maximum atomic E-state index is 10.7. The molecule has 1 N–H and O–H groups in total. The van der Waals surface area contributed by atoms with Gasteiger partial charge in [-0.15, -0.1) is 0 Å². The number of nitrogens with zero attached hydrogens (tertiary/aromatic N) is 2. The van der Waals surface area contributed by atoms with Crippen LogP contribution in [-0.2, 0) is 0 Å². The number of aromatic nitrogens is 2. The zero-order chi connectivity index (χ0) is 19.4. The van der Waals surface area contributed by atoms with Crippen LogP contribution in [0.25, 0.3) is 21.8 Å². The lowest BCUT2D eigenvalue weighted by Crippen LogP contribution is -1.99. The molecule has 0 saturated heterocycles. The number of carbonyl (C=O) groups is 2. The highest BCUT2D eigenvalue weighted by atomic mass is 35.5. The van der Waals surface area contributed by atoms with Gasteiger partial charge in [0.2, 0.25) is 0 Å². The number of pyridine rings is 2. The first kappa shape index (κ1) is 18.8. The molecule has 2 aromatic heterocycles. The van der Waals surface area contributed by atoms with Gasteiger partial charge in [-0.25, -0.2) is 14.8 Å². The van der Waals surface area contributed by atoms with Crippen LogP contribution in [0, 0.1) is 0 Å². The van der Waals surface area contributed by atoms with Crippen molar-refractivity contribution in [1.29, 1.82) is 0 Å². The van der Waals surface area contributed by atoms with Crippen molar-refractivity contribution in [2.24, 2.45) is 0 Å². The van der Waals surface area contributed by atoms with Crippen LogP contribution in [-0.4, -0.2) is 27.3 Å². The molecule has 0 aliphatic carbocycles. The van der Waals surface area contributed by atoms with Crippen molar-refractivity contribution < 1.29 is 14.7 Å². The molecule has 2 heterocycles.